The maximum absolute atomic E-state index is 12.5. The second kappa shape index (κ2) is 7.63. The third kappa shape index (κ3) is 3.58. The standard InChI is InChI=1S/C19H18N2O4S/c1-11-6-15-12(2)16(8-13-4-3-5-14(7-13)21-26-20)19(23)25-18(15)9-17(11)24-10-22/h3-7,9-10,21H,8,20H2,1-2H3. The average Bonchev–Trinajstić information content (AvgIpc) is 2.61. The van der Waals surface area contributed by atoms with Crippen molar-refractivity contribution >= 4 is 35.3 Å². The van der Waals surface area contributed by atoms with Gasteiger partial charge in [-0.15, -0.1) is 0 Å². The minimum absolute atomic E-state index is 0.355. The van der Waals surface area contributed by atoms with E-state index in [0.29, 0.717) is 29.8 Å². The number of carbonyl (C=O) groups excluding carboxylic acids is 1. The maximum Gasteiger partial charge on any atom is 0.340 e. The third-order valence-corrected chi connectivity index (χ3v) is 4.60. The fourth-order valence-corrected chi connectivity index (χ4v) is 3.19. The van der Waals surface area contributed by atoms with Gasteiger partial charge in [0.2, 0.25) is 0 Å². The monoisotopic (exact) mass is 370 g/mol. The molecule has 0 bridgehead atoms. The van der Waals surface area contributed by atoms with E-state index in [1.807, 2.05) is 44.2 Å². The minimum atomic E-state index is -0.400. The number of rotatable bonds is 6. The summed E-state index contributed by atoms with van der Waals surface area (Å²) in [6.07, 6.45) is 0.445. The van der Waals surface area contributed by atoms with Crippen LogP contribution in [0.2, 0.25) is 0 Å². The van der Waals surface area contributed by atoms with E-state index < -0.39 is 5.63 Å². The highest BCUT2D eigenvalue weighted by Crippen LogP contribution is 2.28. The largest absolute Gasteiger partial charge is 0.428 e. The molecule has 2 aromatic carbocycles. The molecule has 1 aromatic heterocycles. The van der Waals surface area contributed by atoms with Crippen molar-refractivity contribution in [1.29, 1.82) is 0 Å². The molecule has 6 nitrogen and oxygen atoms in total. The predicted octanol–water partition coefficient (Wildman–Crippen LogP) is 3.47. The molecule has 0 atom stereocenters. The summed E-state index contributed by atoms with van der Waals surface area (Å²) < 4.78 is 13.4. The van der Waals surface area contributed by atoms with Crippen molar-refractivity contribution in [1.82, 2.24) is 0 Å². The van der Waals surface area contributed by atoms with Crippen LogP contribution in [0.5, 0.6) is 5.75 Å². The molecule has 0 aliphatic carbocycles. The molecule has 0 saturated heterocycles. The van der Waals surface area contributed by atoms with Crippen molar-refractivity contribution in [2.24, 2.45) is 5.14 Å². The lowest BCUT2D eigenvalue weighted by Crippen LogP contribution is -2.11. The number of fused-ring (bicyclic) bond motifs is 1. The van der Waals surface area contributed by atoms with Gasteiger partial charge in [-0.1, -0.05) is 12.1 Å². The normalized spacial score (nSPS) is 10.7. The van der Waals surface area contributed by atoms with Crippen LogP contribution in [0, 0.1) is 13.8 Å². The molecule has 0 saturated carbocycles. The molecular formula is C19H18N2O4S. The first kappa shape index (κ1) is 18.0. The lowest BCUT2D eigenvalue weighted by Gasteiger charge is -2.11. The molecule has 134 valence electrons. The molecule has 0 aliphatic rings. The SMILES string of the molecule is Cc1cc2c(C)c(Cc3cccc(NSN)c3)c(=O)oc2cc1OC=O. The van der Waals surface area contributed by atoms with E-state index in [1.54, 1.807) is 6.07 Å². The average molecular weight is 370 g/mol. The van der Waals surface area contributed by atoms with E-state index in [-0.39, 0.29) is 0 Å². The molecule has 7 heteroatoms. The fourth-order valence-electron chi connectivity index (χ4n) is 2.92. The zero-order valence-electron chi connectivity index (χ0n) is 14.4. The molecule has 0 amide bonds. The number of aryl methyl sites for hydroxylation is 2. The Labute approximate surface area is 154 Å². The van der Waals surface area contributed by atoms with Gasteiger partial charge in [-0.25, -0.2) is 4.79 Å². The minimum Gasteiger partial charge on any atom is -0.428 e. The van der Waals surface area contributed by atoms with Gasteiger partial charge in [-0.3, -0.25) is 9.93 Å². The van der Waals surface area contributed by atoms with Crippen LogP contribution in [-0.2, 0) is 11.2 Å². The van der Waals surface area contributed by atoms with Crippen molar-refractivity contribution in [3.05, 3.63) is 69.1 Å². The number of anilines is 1. The Kier molecular flexibility index (Phi) is 5.29. The number of hydrogen-bond acceptors (Lipinski definition) is 7. The van der Waals surface area contributed by atoms with E-state index in [2.05, 4.69) is 4.72 Å². The first-order chi connectivity index (χ1) is 12.5. The highest BCUT2D eigenvalue weighted by Gasteiger charge is 2.14. The zero-order valence-corrected chi connectivity index (χ0v) is 15.2. The third-order valence-electron chi connectivity index (χ3n) is 4.24. The first-order valence-corrected chi connectivity index (χ1v) is 8.79. The Morgan fingerprint density at radius 1 is 1.27 bits per heavy atom. The predicted molar refractivity (Wildman–Crippen MR) is 103 cm³/mol. The van der Waals surface area contributed by atoms with Gasteiger partial charge in [0.25, 0.3) is 6.47 Å². The Bertz CT molecular complexity index is 1030. The van der Waals surface area contributed by atoms with Gasteiger partial charge in [-0.05, 0) is 48.7 Å². The maximum atomic E-state index is 12.5. The number of nitrogens with two attached hydrogens (primary N) is 1. The summed E-state index contributed by atoms with van der Waals surface area (Å²) in [4.78, 5) is 23.1. The van der Waals surface area contributed by atoms with E-state index in [4.69, 9.17) is 14.3 Å². The Morgan fingerprint density at radius 2 is 2.08 bits per heavy atom. The lowest BCUT2D eigenvalue weighted by atomic mass is 9.98. The molecule has 0 radical (unpaired) electrons. The van der Waals surface area contributed by atoms with Gasteiger partial charge in [0.15, 0.2) is 0 Å². The molecule has 3 rings (SSSR count). The quantitative estimate of drug-likeness (QED) is 0.390. The Balaban J connectivity index is 2.06. The van der Waals surface area contributed by atoms with Crippen LogP contribution in [0.15, 0.2) is 45.6 Å². The molecule has 3 N–H and O–H groups in total. The molecule has 0 aliphatic heterocycles. The van der Waals surface area contributed by atoms with Crippen molar-refractivity contribution in [3.8, 4) is 5.75 Å². The van der Waals surface area contributed by atoms with Crippen molar-refractivity contribution < 1.29 is 13.9 Å². The number of carbonyl (C=O) groups is 1. The smallest absolute Gasteiger partial charge is 0.340 e. The lowest BCUT2D eigenvalue weighted by molar-refractivity contribution is -0.120. The zero-order chi connectivity index (χ0) is 18.7. The molecule has 26 heavy (non-hydrogen) atoms. The molecular weight excluding hydrogens is 352 g/mol. The summed E-state index contributed by atoms with van der Waals surface area (Å²) in [5.74, 6) is 0.376. The van der Waals surface area contributed by atoms with E-state index in [0.717, 1.165) is 39.9 Å². The van der Waals surface area contributed by atoms with Crippen LogP contribution in [0.1, 0.15) is 22.3 Å². The number of benzene rings is 2. The number of nitrogens with one attached hydrogen (secondary N) is 1. The summed E-state index contributed by atoms with van der Waals surface area (Å²) in [6.45, 7) is 4.09. The van der Waals surface area contributed by atoms with Crippen molar-refractivity contribution in [3.63, 3.8) is 0 Å². The summed E-state index contributed by atoms with van der Waals surface area (Å²) in [5, 5.41) is 6.25. The topological polar surface area (TPSA) is 94.6 Å². The summed E-state index contributed by atoms with van der Waals surface area (Å²) >= 11 is 1.02. The highest BCUT2D eigenvalue weighted by atomic mass is 32.2. The number of ether oxygens (including phenoxy) is 1. The Hall–Kier alpha value is -2.77. The molecule has 1 heterocycles. The summed E-state index contributed by atoms with van der Waals surface area (Å²) in [6, 6.07) is 11.1. The summed E-state index contributed by atoms with van der Waals surface area (Å²) in [5.41, 5.74) is 4.07. The van der Waals surface area contributed by atoms with Crippen LogP contribution >= 0.6 is 12.1 Å². The van der Waals surface area contributed by atoms with Crippen molar-refractivity contribution in [2.45, 2.75) is 20.3 Å². The van der Waals surface area contributed by atoms with E-state index in [9.17, 15) is 9.59 Å². The summed E-state index contributed by atoms with van der Waals surface area (Å²) in [7, 11) is 0. The second-order valence-electron chi connectivity index (χ2n) is 5.92. The van der Waals surface area contributed by atoms with Crippen LogP contribution in [0.25, 0.3) is 11.0 Å². The fraction of sp³-hybridized carbons (Fsp3) is 0.158. The first-order valence-electron chi connectivity index (χ1n) is 7.91. The Morgan fingerprint density at radius 3 is 2.81 bits per heavy atom. The van der Waals surface area contributed by atoms with Crippen molar-refractivity contribution in [2.75, 3.05) is 4.72 Å². The van der Waals surface area contributed by atoms with Crippen LogP contribution in [0.4, 0.5) is 5.69 Å². The highest BCUT2D eigenvalue weighted by molar-refractivity contribution is 7.98. The van der Waals surface area contributed by atoms with Crippen LogP contribution in [0.3, 0.4) is 0 Å². The van der Waals surface area contributed by atoms with Gasteiger partial charge < -0.3 is 13.9 Å². The van der Waals surface area contributed by atoms with E-state index in [1.165, 1.54) is 0 Å². The molecule has 3 aromatic rings. The molecule has 0 unspecified atom stereocenters. The van der Waals surface area contributed by atoms with Gasteiger partial charge >= 0.3 is 5.63 Å². The molecule has 0 fully saturated rings. The van der Waals surface area contributed by atoms with Crippen LogP contribution < -0.4 is 20.2 Å². The van der Waals surface area contributed by atoms with E-state index >= 15 is 0 Å². The number of hydrogen-bond donors (Lipinski definition) is 2. The van der Waals surface area contributed by atoms with Gasteiger partial charge in [0, 0.05) is 41.3 Å². The van der Waals surface area contributed by atoms with Gasteiger partial charge in [0.1, 0.15) is 11.3 Å². The van der Waals surface area contributed by atoms with Gasteiger partial charge in [0.05, 0.1) is 0 Å². The van der Waals surface area contributed by atoms with Crippen LogP contribution in [-0.4, -0.2) is 6.47 Å². The second-order valence-corrected chi connectivity index (χ2v) is 6.36. The van der Waals surface area contributed by atoms with Gasteiger partial charge in [-0.2, -0.15) is 0 Å². The molecule has 0 spiro atoms.